The van der Waals surface area contributed by atoms with Crippen molar-refractivity contribution >= 4 is 11.8 Å². The molecule has 17 fully saturated rings. The van der Waals surface area contributed by atoms with Crippen LogP contribution >= 0.6 is 11.8 Å². The van der Waals surface area contributed by atoms with Crippen molar-refractivity contribution in [2.24, 2.45) is 5.41 Å². The van der Waals surface area contributed by atoms with Crippen LogP contribution in [0.1, 0.15) is 258 Å². The van der Waals surface area contributed by atoms with Gasteiger partial charge in [0.1, 0.15) is 6.61 Å². The molecule has 2 bridgehead atoms. The van der Waals surface area contributed by atoms with E-state index in [4.69, 9.17) is 37.9 Å². The molecule has 4 saturated carbocycles. The van der Waals surface area contributed by atoms with E-state index in [1.165, 1.54) is 102 Å². The summed E-state index contributed by atoms with van der Waals surface area (Å²) in [7, 11) is 2.21. The van der Waals surface area contributed by atoms with Crippen LogP contribution in [0.25, 0.3) is 0 Å². The fourth-order valence-corrected chi connectivity index (χ4v) is 19.5. The van der Waals surface area contributed by atoms with Gasteiger partial charge in [-0.15, -0.1) is 0 Å². The van der Waals surface area contributed by atoms with Crippen molar-refractivity contribution in [3.05, 3.63) is 0 Å². The Labute approximate surface area is 824 Å². The Balaban J connectivity index is 0.000000261. The number of hydrogen-bond acceptors (Lipinski definition) is 24. The third-order valence-electron chi connectivity index (χ3n) is 28.4. The molecule has 0 aromatic heterocycles. The zero-order valence-corrected chi connectivity index (χ0v) is 91.3. The first-order valence-electron chi connectivity index (χ1n) is 52.8. The molecule has 136 heavy (non-hydrogen) atoms. The standard InChI is InChI=1S/C10H19NO.2C9H17NO.C8H15F2NO.C8H15NO.2C8H17NO.C7H11F4NO.C7H13F2NO.C7H13F2N.C7H15NO.C7H15NS.C7H15N/c1-9(2)11-5-6-12-8-10(7-11)3-4-10;1-7(2)10-5-8-3-4-9(6-10)11-8;1-8(2)10-5-6-11-7-9(10)3-4-9;1-7(2)11-3-4-12-6-8(9,10)5-11;1-6(2)9-3-4-10-8-5-7(8)9;1-7(2)9-4-5-10-6-8(9)3;1-8(2)9-4-3-6-10-7-5-9;1-5(2)12-3-6(8,9)13-7(10,11)4-12;1-6(2)10-3-4-11-7(8,9)5-10;1-6(2)10-4-3-7(8,9)5-10;2*1-7(2)8-3-5-9-6-4-8;1-6(2)8(3)7-4-5-7/h9H,3-8H2,1-2H3;7-9H,3-6H2,1-2H3;8H,3-7H2,1-2H3;7H,3-6H2,1-2H3;6-8H,3-5H2,1-2H3;7-8H,4-6H2,1-3H3;8H,3-7H2,1-2H3;5H,3-4H2,1-2H3;6H,3-5H2,1-2H3;6H,3-5H2,1-2H3;2*7H,3-6H2,1-2H3;6-7H,4-5H2,1-3H3/t;;;;;8-;;;;;;;/m.....1......./s1. The van der Waals surface area contributed by atoms with Crippen LogP contribution in [-0.2, 0) is 47.4 Å². The largest absolute Gasteiger partial charge is 0.380 e. The summed E-state index contributed by atoms with van der Waals surface area (Å²) >= 11 is 2.07. The smallest absolute Gasteiger partial charge is 0.372 e. The molecule has 23 nitrogen and oxygen atoms in total. The first-order valence-corrected chi connectivity index (χ1v) is 54.0. The minimum Gasteiger partial charge on any atom is -0.380 e. The van der Waals surface area contributed by atoms with Gasteiger partial charge in [-0.1, -0.05) is 0 Å². The van der Waals surface area contributed by atoms with E-state index < -0.39 is 49.9 Å². The molecule has 17 rings (SSSR count). The van der Waals surface area contributed by atoms with Crippen LogP contribution in [0.5, 0.6) is 0 Å². The second-order valence-electron chi connectivity index (χ2n) is 44.1. The summed E-state index contributed by atoms with van der Waals surface area (Å²) in [6.07, 6.45) is 4.64. The molecule has 0 N–H and O–H groups in total. The first-order chi connectivity index (χ1) is 63.6. The predicted octanol–water partition coefficient (Wildman–Crippen LogP) is 17.1. The fourth-order valence-electron chi connectivity index (χ4n) is 18.6. The highest BCUT2D eigenvalue weighted by atomic mass is 32.2. The van der Waals surface area contributed by atoms with Gasteiger partial charge < -0.3 is 47.5 Å². The zero-order chi connectivity index (χ0) is 102. The molecule has 0 amide bonds. The van der Waals surface area contributed by atoms with Crippen molar-refractivity contribution in [1.29, 1.82) is 0 Å². The van der Waals surface area contributed by atoms with Gasteiger partial charge in [-0.2, -0.15) is 38.1 Å². The Hall–Kier alpha value is -1.27. The van der Waals surface area contributed by atoms with E-state index in [0.29, 0.717) is 104 Å². The maximum atomic E-state index is 12.9. The summed E-state index contributed by atoms with van der Waals surface area (Å²) in [6, 6.07) is 8.86. The van der Waals surface area contributed by atoms with E-state index in [2.05, 4.69) is 204 Å². The predicted molar refractivity (Wildman–Crippen MR) is 534 cm³/mol. The molecule has 17 aliphatic rings. The third kappa shape index (κ3) is 49.5. The van der Waals surface area contributed by atoms with Crippen LogP contribution in [0.3, 0.4) is 0 Å². The SMILES string of the molecule is CC(C)N(C)C1CC1.CC(C)N1CC(F)(F)OC(F)(F)C1.CC(C)N1CC2CCC(C1)O2.CC(C)N1CCC(F)(F)C1.CC(C)N1CCCOCC1.CC(C)N1CCOC(F)(F)C1.CC(C)N1CCOC2CC21.CC(C)N1CCOCC(F)(F)C1.CC(C)N1CCOCC1.CC(C)N1CCOCC12CC2.CC(C)N1CCOCC2(CC2)C1.CC(C)N1CCOC[C@H]1C.CC(C)N1CCSCC1. The van der Waals surface area contributed by atoms with Gasteiger partial charge in [-0.3, -0.25) is 63.5 Å². The minimum atomic E-state index is -3.76. The maximum absolute atomic E-state index is 12.9. The van der Waals surface area contributed by atoms with Crippen molar-refractivity contribution in [2.45, 2.75) is 408 Å². The van der Waals surface area contributed by atoms with Crippen LogP contribution in [0.2, 0.25) is 0 Å². The zero-order valence-electron chi connectivity index (χ0n) is 90.5. The molecule has 0 aromatic rings. The molecule has 4 unspecified atom stereocenters. The third-order valence-corrected chi connectivity index (χ3v) is 29.4. The van der Waals surface area contributed by atoms with E-state index in [0.717, 1.165) is 161 Å². The molecule has 13 aliphatic heterocycles. The number of morpholine rings is 7. The fraction of sp³-hybridized carbons (Fsp3) is 1.00. The van der Waals surface area contributed by atoms with Crippen LogP contribution in [0.4, 0.5) is 43.9 Å². The van der Waals surface area contributed by atoms with Crippen molar-refractivity contribution in [1.82, 2.24) is 63.7 Å². The average Bonchev–Trinajstić information content (AvgIpc) is 1.64. The number of likely N-dealkylation sites (tertiary alicyclic amines) is 2. The molecule has 2 spiro atoms. The lowest BCUT2D eigenvalue weighted by Gasteiger charge is -2.38. The van der Waals surface area contributed by atoms with Gasteiger partial charge in [0.2, 0.25) is 0 Å². The minimum absolute atomic E-state index is 0.0329. The normalized spacial score (nSPS) is 28.1. The van der Waals surface area contributed by atoms with Crippen molar-refractivity contribution in [3.63, 3.8) is 0 Å². The highest BCUT2D eigenvalue weighted by molar-refractivity contribution is 7.99. The molecule has 5 atom stereocenters. The quantitative estimate of drug-likeness (QED) is 0.153. The molecule has 13 heterocycles. The molecule has 0 aromatic carbocycles. The van der Waals surface area contributed by atoms with Crippen LogP contribution in [0, 0.1) is 5.41 Å². The van der Waals surface area contributed by atoms with E-state index in [1.807, 2.05) is 41.5 Å². The van der Waals surface area contributed by atoms with Crippen molar-refractivity contribution in [3.8, 4) is 0 Å². The number of nitrogens with zero attached hydrogens (tertiary/aromatic N) is 13. The van der Waals surface area contributed by atoms with Crippen LogP contribution < -0.4 is 0 Å². The number of halogens is 10. The topological polar surface area (TPSA) is 134 Å². The summed E-state index contributed by atoms with van der Waals surface area (Å²) in [6.45, 7) is 82.9. The lowest BCUT2D eigenvalue weighted by molar-refractivity contribution is -0.407. The van der Waals surface area contributed by atoms with Crippen molar-refractivity contribution < 1.29 is 91.3 Å². The number of rotatable bonds is 14. The van der Waals surface area contributed by atoms with E-state index in [9.17, 15) is 43.9 Å². The molecule has 808 valence electrons. The summed E-state index contributed by atoms with van der Waals surface area (Å²) in [5.41, 5.74) is 1.05. The maximum Gasteiger partial charge on any atom is 0.372 e. The summed E-state index contributed by atoms with van der Waals surface area (Å²) in [4.78, 5) is 28.9. The first kappa shape index (κ1) is 125. The number of thioether (sulfide) groups is 1. The highest BCUT2D eigenvalue weighted by Crippen LogP contribution is 2.48. The van der Waals surface area contributed by atoms with Crippen LogP contribution in [0.15, 0.2) is 0 Å². The molecule has 4 aliphatic carbocycles. The second-order valence-corrected chi connectivity index (χ2v) is 45.3. The van der Waals surface area contributed by atoms with Gasteiger partial charge in [-0.05, 0) is 258 Å². The average molecular weight is 1990 g/mol. The Bertz CT molecular complexity index is 2990. The van der Waals surface area contributed by atoms with Gasteiger partial charge >= 0.3 is 18.3 Å². The Morgan fingerprint density at radius 3 is 1.16 bits per heavy atom. The Kier molecular flexibility index (Phi) is 56.6. The van der Waals surface area contributed by atoms with Gasteiger partial charge in [0.15, 0.2) is 0 Å². The second kappa shape index (κ2) is 61.5. The summed E-state index contributed by atoms with van der Waals surface area (Å²) in [5, 5.41) is 0. The Morgan fingerprint density at radius 2 is 0.757 bits per heavy atom. The lowest BCUT2D eigenvalue weighted by atomic mass is 10.1. The number of ether oxygens (including phenoxy) is 10. The van der Waals surface area contributed by atoms with E-state index >= 15 is 0 Å². The molecule has 0 radical (unpaired) electrons. The van der Waals surface area contributed by atoms with Gasteiger partial charge in [0.05, 0.1) is 130 Å². The number of fused-ring (bicyclic) bond motifs is 3. The number of alkyl halides is 10. The van der Waals surface area contributed by atoms with Crippen molar-refractivity contribution in [2.75, 3.05) is 248 Å². The monoisotopic (exact) mass is 1990 g/mol. The van der Waals surface area contributed by atoms with E-state index in [-0.39, 0.29) is 56.8 Å². The number of hydrogen-bond donors (Lipinski definition) is 0. The van der Waals surface area contributed by atoms with Crippen LogP contribution in [-0.4, -0.2) is 463 Å². The van der Waals surface area contributed by atoms with E-state index in [1.54, 1.807) is 28.5 Å². The highest BCUT2D eigenvalue weighted by Gasteiger charge is 2.54. The summed E-state index contributed by atoms with van der Waals surface area (Å²) in [5.74, 6) is -2.44. The van der Waals surface area contributed by atoms with Gasteiger partial charge in [0, 0.05) is 237 Å². The summed E-state index contributed by atoms with van der Waals surface area (Å²) < 4.78 is 177. The molecule has 13 saturated heterocycles. The van der Waals surface area contributed by atoms with Gasteiger partial charge in [-0.25, -0.2) is 17.6 Å². The lowest BCUT2D eigenvalue weighted by Crippen LogP contribution is -2.56. The molecular weight excluding hydrogens is 1790 g/mol. The van der Waals surface area contributed by atoms with Gasteiger partial charge in [0.25, 0.3) is 11.8 Å². The molecule has 34 heteroatoms. The Morgan fingerprint density at radius 1 is 0.338 bits per heavy atom. The molecular formula is C102H199F10N13O10S.